The largest absolute Gasteiger partial charge is 0.494 e. The molecule has 0 bridgehead atoms. The molecule has 0 unspecified atom stereocenters. The third kappa shape index (κ3) is 7.55. The highest BCUT2D eigenvalue weighted by molar-refractivity contribution is 5.71. The fourth-order valence-corrected chi connectivity index (χ4v) is 3.25. The van der Waals surface area contributed by atoms with Crippen molar-refractivity contribution < 1.29 is 15.3 Å². The van der Waals surface area contributed by atoms with Crippen molar-refractivity contribution in [2.45, 2.75) is 97.6 Å². The van der Waals surface area contributed by atoms with Gasteiger partial charge in [0.25, 0.3) is 0 Å². The normalized spacial score (nSPS) is 12.0. The lowest BCUT2D eigenvalue weighted by Crippen LogP contribution is -1.95. The average Bonchev–Trinajstić information content (AvgIpc) is 2.89. The lowest BCUT2D eigenvalue weighted by Gasteiger charge is -2.07. The zero-order valence-corrected chi connectivity index (χ0v) is 16.1. The van der Waals surface area contributed by atoms with Crippen molar-refractivity contribution in [2.75, 3.05) is 0 Å². The Morgan fingerprint density at radius 3 is 2.04 bits per heavy atom. The lowest BCUT2D eigenvalue weighted by atomic mass is 10.0. The summed E-state index contributed by atoms with van der Waals surface area (Å²) >= 11 is 0. The molecule has 1 aromatic heterocycles. The van der Waals surface area contributed by atoms with Crippen LogP contribution in [0.1, 0.15) is 96.5 Å². The Bertz CT molecular complexity index is 505. The molecule has 4 heteroatoms. The van der Waals surface area contributed by atoms with E-state index in [9.17, 15) is 15.3 Å². The highest BCUT2D eigenvalue weighted by Crippen LogP contribution is 2.35. The van der Waals surface area contributed by atoms with Crippen molar-refractivity contribution in [1.29, 1.82) is 0 Å². The van der Waals surface area contributed by atoms with Crippen LogP contribution < -0.4 is 0 Å². The second kappa shape index (κ2) is 12.9. The summed E-state index contributed by atoms with van der Waals surface area (Å²) < 4.78 is 1.11. The zero-order valence-electron chi connectivity index (χ0n) is 16.1. The van der Waals surface area contributed by atoms with Gasteiger partial charge >= 0.3 is 0 Å². The Hall–Kier alpha value is -1.42. The van der Waals surface area contributed by atoms with E-state index in [1.807, 2.05) is 0 Å². The first-order valence-corrected chi connectivity index (χ1v) is 10.1. The molecular weight excluding hydrogens is 314 g/mol. The molecule has 0 atom stereocenters. The maximum Gasteiger partial charge on any atom is 0.203 e. The Labute approximate surface area is 153 Å². The maximum absolute atomic E-state index is 10.2. The fourth-order valence-electron chi connectivity index (χ4n) is 3.25. The summed E-state index contributed by atoms with van der Waals surface area (Å²) in [5.74, 6) is -0.146. The third-order valence-corrected chi connectivity index (χ3v) is 4.75. The Kier molecular flexibility index (Phi) is 11.1. The van der Waals surface area contributed by atoms with E-state index in [0.29, 0.717) is 5.56 Å². The molecule has 0 saturated heterocycles. The summed E-state index contributed by atoms with van der Waals surface area (Å²) in [6.07, 6.45) is 16.9. The van der Waals surface area contributed by atoms with Crippen LogP contribution in [-0.2, 0) is 6.73 Å². The quantitative estimate of drug-likeness (QED) is 0.363. The van der Waals surface area contributed by atoms with Gasteiger partial charge in [-0.3, -0.25) is 4.57 Å². The lowest BCUT2D eigenvalue weighted by molar-refractivity contribution is 0.183. The smallest absolute Gasteiger partial charge is 0.203 e. The molecule has 3 N–H and O–H groups in total. The van der Waals surface area contributed by atoms with Crippen LogP contribution in [0.5, 0.6) is 11.8 Å². The van der Waals surface area contributed by atoms with Crippen molar-refractivity contribution in [3.05, 3.63) is 17.7 Å². The molecule has 0 aliphatic rings. The number of aliphatic hydroxyl groups excluding tert-OH is 1. The van der Waals surface area contributed by atoms with Crippen molar-refractivity contribution in [2.24, 2.45) is 0 Å². The van der Waals surface area contributed by atoms with Gasteiger partial charge in [-0.15, -0.1) is 0 Å². The summed E-state index contributed by atoms with van der Waals surface area (Å²) in [6.45, 7) is 3.93. The van der Waals surface area contributed by atoms with Gasteiger partial charge in [0.1, 0.15) is 6.73 Å². The van der Waals surface area contributed by atoms with Crippen LogP contribution in [0.25, 0.3) is 5.57 Å². The Morgan fingerprint density at radius 1 is 0.920 bits per heavy atom. The molecule has 1 rings (SSSR count). The number of rotatable bonds is 14. The molecule has 0 saturated carbocycles. The van der Waals surface area contributed by atoms with Gasteiger partial charge in [0.2, 0.25) is 5.88 Å². The minimum Gasteiger partial charge on any atom is -0.494 e. The van der Waals surface area contributed by atoms with Crippen molar-refractivity contribution in [3.8, 4) is 11.8 Å². The Morgan fingerprint density at radius 2 is 1.52 bits per heavy atom. The van der Waals surface area contributed by atoms with Gasteiger partial charge in [-0.05, 0) is 24.8 Å². The number of aliphatic hydroxyl groups is 1. The molecule has 0 aliphatic heterocycles. The van der Waals surface area contributed by atoms with Crippen molar-refractivity contribution in [1.82, 2.24) is 4.57 Å². The average molecular weight is 352 g/mol. The standard InChI is InChI=1S/C21H37NO3/c1-3-5-6-7-8-9-10-11-12-13-15-18(14-4-2)19-16-20(24)22(17-23)21(19)25/h15-16,23-25H,3-14,17H2,1-2H3. The van der Waals surface area contributed by atoms with Crippen LogP contribution in [0, 0.1) is 0 Å². The number of hydrogen-bond donors (Lipinski definition) is 3. The van der Waals surface area contributed by atoms with Gasteiger partial charge in [0.05, 0.1) is 0 Å². The maximum atomic E-state index is 10.2. The highest BCUT2D eigenvalue weighted by atomic mass is 16.3. The van der Waals surface area contributed by atoms with Crippen molar-refractivity contribution >= 4 is 5.57 Å². The summed E-state index contributed by atoms with van der Waals surface area (Å²) in [4.78, 5) is 0. The van der Waals surface area contributed by atoms with Gasteiger partial charge < -0.3 is 15.3 Å². The molecule has 4 nitrogen and oxygen atoms in total. The molecule has 25 heavy (non-hydrogen) atoms. The van der Waals surface area contributed by atoms with E-state index in [2.05, 4.69) is 19.9 Å². The number of unbranched alkanes of at least 4 members (excludes halogenated alkanes) is 9. The fraction of sp³-hybridized carbons (Fsp3) is 0.714. The van der Waals surface area contributed by atoms with E-state index in [-0.39, 0.29) is 11.8 Å². The van der Waals surface area contributed by atoms with Crippen LogP contribution in [0.4, 0.5) is 0 Å². The highest BCUT2D eigenvalue weighted by Gasteiger charge is 2.15. The van der Waals surface area contributed by atoms with Crippen LogP contribution in [-0.4, -0.2) is 19.9 Å². The number of aromatic nitrogens is 1. The predicted molar refractivity (Wildman–Crippen MR) is 105 cm³/mol. The molecule has 0 amide bonds. The van der Waals surface area contributed by atoms with Gasteiger partial charge in [-0.1, -0.05) is 77.7 Å². The molecular formula is C21H37NO3. The summed E-state index contributed by atoms with van der Waals surface area (Å²) in [7, 11) is 0. The van der Waals surface area contributed by atoms with E-state index in [0.717, 1.165) is 35.8 Å². The molecule has 0 radical (unpaired) electrons. The van der Waals surface area contributed by atoms with Crippen LogP contribution in [0.2, 0.25) is 0 Å². The molecule has 0 aliphatic carbocycles. The van der Waals surface area contributed by atoms with Gasteiger partial charge in [0.15, 0.2) is 5.88 Å². The van der Waals surface area contributed by atoms with Gasteiger partial charge in [-0.25, -0.2) is 0 Å². The first-order valence-electron chi connectivity index (χ1n) is 10.1. The molecule has 0 spiro atoms. The van der Waals surface area contributed by atoms with E-state index >= 15 is 0 Å². The topological polar surface area (TPSA) is 65.6 Å². The minimum absolute atomic E-state index is 0.0493. The summed E-state index contributed by atoms with van der Waals surface area (Å²) in [5, 5.41) is 29.2. The number of aromatic hydroxyl groups is 2. The zero-order chi connectivity index (χ0) is 18.5. The minimum atomic E-state index is -0.421. The molecule has 0 aromatic carbocycles. The van der Waals surface area contributed by atoms with Gasteiger partial charge in [0, 0.05) is 11.6 Å². The monoisotopic (exact) mass is 351 g/mol. The molecule has 1 aromatic rings. The van der Waals surface area contributed by atoms with Crippen LogP contribution in [0.15, 0.2) is 12.1 Å². The SMILES string of the molecule is CCCCCCCCCCCC=C(CCC)c1cc(O)n(CO)c1O. The van der Waals surface area contributed by atoms with E-state index < -0.39 is 6.73 Å². The van der Waals surface area contributed by atoms with Gasteiger partial charge in [-0.2, -0.15) is 0 Å². The summed E-state index contributed by atoms with van der Waals surface area (Å²) in [5.41, 5.74) is 1.70. The first kappa shape index (κ1) is 21.6. The molecule has 144 valence electrons. The van der Waals surface area contributed by atoms with E-state index in [1.54, 1.807) is 6.07 Å². The number of hydrogen-bond acceptors (Lipinski definition) is 3. The summed E-state index contributed by atoms with van der Waals surface area (Å²) in [6, 6.07) is 1.54. The van der Waals surface area contributed by atoms with Crippen LogP contribution in [0.3, 0.4) is 0 Å². The molecule has 1 heterocycles. The van der Waals surface area contributed by atoms with Crippen molar-refractivity contribution in [3.63, 3.8) is 0 Å². The van der Waals surface area contributed by atoms with Crippen LogP contribution >= 0.6 is 0 Å². The first-order chi connectivity index (χ1) is 12.2. The van der Waals surface area contributed by atoms with E-state index in [1.165, 1.54) is 51.4 Å². The number of allylic oxidation sites excluding steroid dienone is 2. The second-order valence-corrected chi connectivity index (χ2v) is 6.91. The Balaban J connectivity index is 2.39. The second-order valence-electron chi connectivity index (χ2n) is 6.91. The van der Waals surface area contributed by atoms with E-state index in [4.69, 9.17) is 0 Å². The predicted octanol–water partition coefficient (Wildman–Crippen LogP) is 5.95. The molecule has 0 fully saturated rings. The number of nitrogens with zero attached hydrogens (tertiary/aromatic N) is 1. The third-order valence-electron chi connectivity index (χ3n) is 4.75.